The van der Waals surface area contributed by atoms with Gasteiger partial charge in [0.15, 0.2) is 0 Å². The third-order valence-corrected chi connectivity index (χ3v) is 2.89. The molecule has 2 aromatic rings. The summed E-state index contributed by atoms with van der Waals surface area (Å²) in [5.41, 5.74) is 2.27. The van der Waals surface area contributed by atoms with Gasteiger partial charge < -0.3 is 5.32 Å². The molecule has 0 atom stereocenters. The first-order valence-electron chi connectivity index (χ1n) is 5.50. The summed E-state index contributed by atoms with van der Waals surface area (Å²) in [6.07, 6.45) is 4.61. The molecule has 1 saturated carbocycles. The van der Waals surface area contributed by atoms with Gasteiger partial charge in [0, 0.05) is 23.8 Å². The normalized spacial score (nSPS) is 15.5. The highest BCUT2D eigenvalue weighted by Crippen LogP contribution is 2.29. The van der Waals surface area contributed by atoms with Crippen molar-refractivity contribution in [3.63, 3.8) is 0 Å². The second-order valence-electron chi connectivity index (χ2n) is 4.24. The number of nitrogens with one attached hydrogen (secondary N) is 1. The summed E-state index contributed by atoms with van der Waals surface area (Å²) in [5, 5.41) is 4.68. The zero-order valence-electron chi connectivity index (χ0n) is 8.61. The van der Waals surface area contributed by atoms with E-state index >= 15 is 0 Å². The van der Waals surface area contributed by atoms with Crippen LogP contribution in [-0.2, 0) is 0 Å². The molecule has 1 aliphatic rings. The number of fused-ring (bicyclic) bond motifs is 1. The molecule has 0 saturated heterocycles. The molecule has 2 heteroatoms. The predicted molar refractivity (Wildman–Crippen MR) is 63.0 cm³/mol. The fourth-order valence-electron chi connectivity index (χ4n) is 1.77. The minimum atomic E-state index is 0.912. The Morgan fingerprint density at radius 3 is 3.07 bits per heavy atom. The monoisotopic (exact) mass is 198 g/mol. The minimum Gasteiger partial charge on any atom is -0.385 e. The highest BCUT2D eigenvalue weighted by atomic mass is 14.9. The summed E-state index contributed by atoms with van der Waals surface area (Å²) in [6.45, 7) is 1.12. The number of rotatable bonds is 3. The lowest BCUT2D eigenvalue weighted by Gasteiger charge is -2.05. The van der Waals surface area contributed by atoms with Crippen molar-refractivity contribution in [2.75, 3.05) is 11.9 Å². The minimum absolute atomic E-state index is 0.912. The molecule has 1 aromatic carbocycles. The van der Waals surface area contributed by atoms with E-state index in [1.807, 2.05) is 12.3 Å². The van der Waals surface area contributed by atoms with E-state index in [1.165, 1.54) is 23.9 Å². The Morgan fingerprint density at radius 1 is 1.27 bits per heavy atom. The second kappa shape index (κ2) is 3.54. The van der Waals surface area contributed by atoms with Gasteiger partial charge in [0.05, 0.1) is 5.52 Å². The quantitative estimate of drug-likeness (QED) is 0.819. The fraction of sp³-hybridized carbons (Fsp3) is 0.308. The molecule has 0 amide bonds. The van der Waals surface area contributed by atoms with Crippen LogP contribution in [0.15, 0.2) is 36.5 Å². The fourth-order valence-corrected chi connectivity index (χ4v) is 1.77. The molecule has 2 nitrogen and oxygen atoms in total. The average Bonchev–Trinajstić information content (AvgIpc) is 3.10. The average molecular weight is 198 g/mol. The molecule has 0 unspecified atom stereocenters. The second-order valence-corrected chi connectivity index (χ2v) is 4.24. The topological polar surface area (TPSA) is 24.9 Å². The van der Waals surface area contributed by atoms with E-state index < -0.39 is 0 Å². The zero-order valence-corrected chi connectivity index (χ0v) is 8.61. The number of aromatic nitrogens is 1. The van der Waals surface area contributed by atoms with Gasteiger partial charge in [-0.3, -0.25) is 4.98 Å². The Hall–Kier alpha value is -1.57. The van der Waals surface area contributed by atoms with Crippen LogP contribution in [0.25, 0.3) is 10.9 Å². The van der Waals surface area contributed by atoms with E-state index in [0.717, 1.165) is 18.0 Å². The summed E-state index contributed by atoms with van der Waals surface area (Å²) in [6, 6.07) is 10.4. The van der Waals surface area contributed by atoms with Crippen molar-refractivity contribution in [3.8, 4) is 0 Å². The first-order valence-corrected chi connectivity index (χ1v) is 5.50. The smallest absolute Gasteiger partial charge is 0.0703 e. The third-order valence-electron chi connectivity index (χ3n) is 2.89. The lowest BCUT2D eigenvalue weighted by Crippen LogP contribution is -2.02. The summed E-state index contributed by atoms with van der Waals surface area (Å²) in [7, 11) is 0. The van der Waals surface area contributed by atoms with E-state index in [4.69, 9.17) is 0 Å². The van der Waals surface area contributed by atoms with Gasteiger partial charge in [-0.1, -0.05) is 6.07 Å². The van der Waals surface area contributed by atoms with Crippen molar-refractivity contribution in [2.24, 2.45) is 5.92 Å². The van der Waals surface area contributed by atoms with E-state index in [0.29, 0.717) is 0 Å². The molecule has 0 aliphatic heterocycles. The van der Waals surface area contributed by atoms with E-state index in [9.17, 15) is 0 Å². The maximum atomic E-state index is 4.30. The molecule has 1 aromatic heterocycles. The van der Waals surface area contributed by atoms with E-state index in [2.05, 4.69) is 34.6 Å². The summed E-state index contributed by atoms with van der Waals surface area (Å²) < 4.78 is 0. The van der Waals surface area contributed by atoms with Crippen molar-refractivity contribution in [2.45, 2.75) is 12.8 Å². The molecule has 1 aliphatic carbocycles. The standard InChI is InChI=1S/C13H14N2/c1-2-11-8-12(15-9-10-3-4-10)5-6-13(11)14-7-1/h1-2,5-8,10,15H,3-4,9H2. The van der Waals surface area contributed by atoms with Crippen molar-refractivity contribution < 1.29 is 0 Å². The number of pyridine rings is 1. The van der Waals surface area contributed by atoms with Crippen LogP contribution in [0.1, 0.15) is 12.8 Å². The molecule has 1 heterocycles. The summed E-state index contributed by atoms with van der Waals surface area (Å²) in [4.78, 5) is 4.30. The number of anilines is 1. The van der Waals surface area contributed by atoms with Gasteiger partial charge in [0.1, 0.15) is 0 Å². The first-order chi connectivity index (χ1) is 7.42. The van der Waals surface area contributed by atoms with Crippen LogP contribution >= 0.6 is 0 Å². The third kappa shape index (κ3) is 1.94. The van der Waals surface area contributed by atoms with Crippen LogP contribution in [0.5, 0.6) is 0 Å². The van der Waals surface area contributed by atoms with Crippen LogP contribution in [-0.4, -0.2) is 11.5 Å². The molecule has 0 radical (unpaired) electrons. The number of benzene rings is 1. The van der Waals surface area contributed by atoms with Crippen LogP contribution < -0.4 is 5.32 Å². The van der Waals surface area contributed by atoms with Crippen molar-refractivity contribution >= 4 is 16.6 Å². The largest absolute Gasteiger partial charge is 0.385 e. The van der Waals surface area contributed by atoms with Gasteiger partial charge in [0.25, 0.3) is 0 Å². The number of nitrogens with zero attached hydrogens (tertiary/aromatic N) is 1. The SMILES string of the molecule is c1cnc2ccc(NCC3CC3)cc2c1. The van der Waals surface area contributed by atoms with Crippen molar-refractivity contribution in [3.05, 3.63) is 36.5 Å². The molecule has 76 valence electrons. The summed E-state index contributed by atoms with van der Waals surface area (Å²) >= 11 is 0. The maximum Gasteiger partial charge on any atom is 0.0703 e. The van der Waals surface area contributed by atoms with Gasteiger partial charge in [-0.2, -0.15) is 0 Å². The van der Waals surface area contributed by atoms with Crippen molar-refractivity contribution in [1.29, 1.82) is 0 Å². The number of hydrogen-bond donors (Lipinski definition) is 1. The Labute approximate surface area is 89.3 Å². The summed E-state index contributed by atoms with van der Waals surface area (Å²) in [5.74, 6) is 0.912. The van der Waals surface area contributed by atoms with Gasteiger partial charge in [-0.15, -0.1) is 0 Å². The predicted octanol–water partition coefficient (Wildman–Crippen LogP) is 3.06. The number of hydrogen-bond acceptors (Lipinski definition) is 2. The first kappa shape index (κ1) is 8.72. The highest BCUT2D eigenvalue weighted by molar-refractivity contribution is 5.82. The van der Waals surface area contributed by atoms with Crippen molar-refractivity contribution in [1.82, 2.24) is 4.98 Å². The lowest BCUT2D eigenvalue weighted by molar-refractivity contribution is 0.889. The van der Waals surface area contributed by atoms with Crippen LogP contribution in [0.3, 0.4) is 0 Å². The van der Waals surface area contributed by atoms with E-state index in [1.54, 1.807) is 0 Å². The van der Waals surface area contributed by atoms with Crippen LogP contribution in [0.2, 0.25) is 0 Å². The van der Waals surface area contributed by atoms with E-state index in [-0.39, 0.29) is 0 Å². The molecule has 15 heavy (non-hydrogen) atoms. The van der Waals surface area contributed by atoms with Gasteiger partial charge >= 0.3 is 0 Å². The Balaban J connectivity index is 1.84. The Bertz CT molecular complexity index is 475. The van der Waals surface area contributed by atoms with Crippen LogP contribution in [0.4, 0.5) is 5.69 Å². The molecule has 1 N–H and O–H groups in total. The molecular weight excluding hydrogens is 184 g/mol. The molecular formula is C13H14N2. The molecule has 3 rings (SSSR count). The molecule has 0 bridgehead atoms. The highest BCUT2D eigenvalue weighted by Gasteiger charge is 2.20. The lowest BCUT2D eigenvalue weighted by atomic mass is 10.2. The van der Waals surface area contributed by atoms with Gasteiger partial charge in [0.2, 0.25) is 0 Å². The van der Waals surface area contributed by atoms with Crippen LogP contribution in [0, 0.1) is 5.92 Å². The molecule has 1 fully saturated rings. The Kier molecular flexibility index (Phi) is 2.05. The Morgan fingerprint density at radius 2 is 2.20 bits per heavy atom. The zero-order chi connectivity index (χ0) is 10.1. The molecule has 0 spiro atoms. The maximum absolute atomic E-state index is 4.30. The van der Waals surface area contributed by atoms with Gasteiger partial charge in [-0.05, 0) is 43.0 Å². The van der Waals surface area contributed by atoms with Gasteiger partial charge in [-0.25, -0.2) is 0 Å².